The highest BCUT2D eigenvalue weighted by atomic mass is 16.2. The standard InChI is InChI=1S/C28H30N4O2/c1-30(2)23-10-8-20(9-11-23)25(33)12-13-26-29-24(28(34)31(26)3)18-19-16-21-6-4-14-32-15-5-7-22(17-19)27(21)32/h8-13,16-18H,4-7,14-15H2,1-3H3/b13-12+,24-18-. The highest BCUT2D eigenvalue weighted by Gasteiger charge is 2.27. The highest BCUT2D eigenvalue weighted by molar-refractivity contribution is 6.19. The van der Waals surface area contributed by atoms with Crippen LogP contribution in [0.5, 0.6) is 0 Å². The number of rotatable bonds is 5. The van der Waals surface area contributed by atoms with E-state index in [1.807, 2.05) is 49.3 Å². The number of hydrogen-bond donors (Lipinski definition) is 0. The number of carbonyl (C=O) groups excluding carboxylic acids is 2. The average Bonchev–Trinajstić information content (AvgIpc) is 3.10. The van der Waals surface area contributed by atoms with E-state index >= 15 is 0 Å². The Labute approximate surface area is 200 Å². The highest BCUT2D eigenvalue weighted by Crippen LogP contribution is 2.36. The number of likely N-dealkylation sites (N-methyl/N-ethyl adjacent to an activating group) is 1. The van der Waals surface area contributed by atoms with Crippen LogP contribution in [0.4, 0.5) is 11.4 Å². The smallest absolute Gasteiger partial charge is 0.277 e. The maximum atomic E-state index is 12.9. The predicted octanol–water partition coefficient (Wildman–Crippen LogP) is 4.10. The summed E-state index contributed by atoms with van der Waals surface area (Å²) in [4.78, 5) is 36.0. The third-order valence-corrected chi connectivity index (χ3v) is 6.81. The van der Waals surface area contributed by atoms with Gasteiger partial charge < -0.3 is 9.80 Å². The van der Waals surface area contributed by atoms with Crippen molar-refractivity contribution >= 4 is 35.0 Å². The molecule has 2 aromatic rings. The van der Waals surface area contributed by atoms with Crippen LogP contribution in [-0.4, -0.2) is 56.7 Å². The van der Waals surface area contributed by atoms with Crippen LogP contribution in [0.25, 0.3) is 6.08 Å². The number of carbonyl (C=O) groups is 2. The first kappa shape index (κ1) is 22.1. The molecule has 34 heavy (non-hydrogen) atoms. The van der Waals surface area contributed by atoms with Crippen molar-refractivity contribution in [2.24, 2.45) is 4.99 Å². The van der Waals surface area contributed by atoms with Crippen LogP contribution in [0, 0.1) is 0 Å². The number of aliphatic imine (C=N–C) groups is 1. The lowest BCUT2D eigenvalue weighted by molar-refractivity contribution is -0.121. The summed E-state index contributed by atoms with van der Waals surface area (Å²) >= 11 is 0. The summed E-state index contributed by atoms with van der Waals surface area (Å²) in [7, 11) is 5.61. The van der Waals surface area contributed by atoms with Crippen LogP contribution in [0.3, 0.4) is 0 Å². The molecule has 0 radical (unpaired) electrons. The summed E-state index contributed by atoms with van der Waals surface area (Å²) in [5.74, 6) is 0.194. The summed E-state index contributed by atoms with van der Waals surface area (Å²) in [6.45, 7) is 2.28. The molecule has 3 heterocycles. The van der Waals surface area contributed by atoms with Gasteiger partial charge in [0.15, 0.2) is 5.78 Å². The summed E-state index contributed by atoms with van der Waals surface area (Å²) in [6, 6.07) is 11.9. The lowest BCUT2D eigenvalue weighted by Gasteiger charge is -2.37. The zero-order valence-corrected chi connectivity index (χ0v) is 20.0. The van der Waals surface area contributed by atoms with E-state index in [0.717, 1.165) is 37.2 Å². The second-order valence-electron chi connectivity index (χ2n) is 9.38. The second kappa shape index (κ2) is 8.93. The van der Waals surface area contributed by atoms with Gasteiger partial charge in [-0.05, 0) is 97.0 Å². The summed E-state index contributed by atoms with van der Waals surface area (Å²) < 4.78 is 0. The minimum absolute atomic E-state index is 0.121. The fourth-order valence-electron chi connectivity index (χ4n) is 5.01. The Morgan fingerprint density at radius 1 is 1.03 bits per heavy atom. The molecule has 0 aromatic heterocycles. The fourth-order valence-corrected chi connectivity index (χ4v) is 5.01. The van der Waals surface area contributed by atoms with Gasteiger partial charge in [0, 0.05) is 51.2 Å². The summed E-state index contributed by atoms with van der Waals surface area (Å²) in [5.41, 5.74) is 7.24. The number of benzene rings is 2. The molecule has 0 unspecified atom stereocenters. The Bertz CT molecular complexity index is 1210. The van der Waals surface area contributed by atoms with Gasteiger partial charge in [-0.2, -0.15) is 0 Å². The zero-order valence-electron chi connectivity index (χ0n) is 20.0. The van der Waals surface area contributed by atoms with E-state index in [1.54, 1.807) is 13.1 Å². The number of anilines is 2. The molecule has 5 rings (SSSR count). The van der Waals surface area contributed by atoms with E-state index in [1.165, 1.54) is 40.6 Å². The second-order valence-corrected chi connectivity index (χ2v) is 9.38. The SMILES string of the molecule is CN1C(=O)/C(=C/c2cc3c4c(c2)CCCN4CCC3)N=C1/C=C/C(=O)c1ccc(N(C)C)cc1. The molecule has 0 saturated carbocycles. The Balaban J connectivity index is 1.38. The van der Waals surface area contributed by atoms with Gasteiger partial charge in [0.1, 0.15) is 11.5 Å². The number of allylic oxidation sites excluding steroid dienone is 1. The predicted molar refractivity (Wildman–Crippen MR) is 138 cm³/mol. The lowest BCUT2D eigenvalue weighted by Crippen LogP contribution is -2.34. The van der Waals surface area contributed by atoms with Gasteiger partial charge in [-0.15, -0.1) is 0 Å². The molecule has 0 saturated heterocycles. The topological polar surface area (TPSA) is 56.2 Å². The molecule has 6 nitrogen and oxygen atoms in total. The molecule has 6 heteroatoms. The van der Waals surface area contributed by atoms with Crippen molar-refractivity contribution in [3.05, 3.63) is 76.5 Å². The van der Waals surface area contributed by atoms with Crippen molar-refractivity contribution in [1.82, 2.24) is 4.90 Å². The molecule has 0 atom stereocenters. The maximum absolute atomic E-state index is 12.9. The number of aryl methyl sites for hydroxylation is 2. The minimum Gasteiger partial charge on any atom is -0.378 e. The summed E-state index contributed by atoms with van der Waals surface area (Å²) in [5, 5.41) is 0. The monoisotopic (exact) mass is 454 g/mol. The van der Waals surface area contributed by atoms with Crippen LogP contribution < -0.4 is 9.80 Å². The zero-order chi connectivity index (χ0) is 23.8. The van der Waals surface area contributed by atoms with Gasteiger partial charge in [-0.3, -0.25) is 14.5 Å². The van der Waals surface area contributed by atoms with Crippen LogP contribution >= 0.6 is 0 Å². The summed E-state index contributed by atoms with van der Waals surface area (Å²) in [6.07, 6.45) is 9.49. The van der Waals surface area contributed by atoms with Gasteiger partial charge in [0.25, 0.3) is 5.91 Å². The Morgan fingerprint density at radius 3 is 2.29 bits per heavy atom. The van der Waals surface area contributed by atoms with Crippen molar-refractivity contribution in [2.75, 3.05) is 44.0 Å². The van der Waals surface area contributed by atoms with Crippen LogP contribution in [0.15, 0.2) is 59.2 Å². The first-order valence-corrected chi connectivity index (χ1v) is 11.9. The number of amidine groups is 1. The first-order chi connectivity index (χ1) is 16.4. The van der Waals surface area contributed by atoms with Crippen molar-refractivity contribution in [2.45, 2.75) is 25.7 Å². The van der Waals surface area contributed by atoms with Crippen LogP contribution in [-0.2, 0) is 17.6 Å². The average molecular weight is 455 g/mol. The van der Waals surface area contributed by atoms with E-state index in [0.29, 0.717) is 17.1 Å². The number of hydrogen-bond acceptors (Lipinski definition) is 5. The number of nitrogens with zero attached hydrogens (tertiary/aromatic N) is 4. The molecule has 0 spiro atoms. The molecule has 1 amide bonds. The molecule has 2 aromatic carbocycles. The van der Waals surface area contributed by atoms with Crippen LogP contribution in [0.1, 0.15) is 39.9 Å². The Hall–Kier alpha value is -3.67. The Morgan fingerprint density at radius 2 is 1.68 bits per heavy atom. The molecule has 0 fully saturated rings. The molecular formula is C28H30N4O2. The van der Waals surface area contributed by atoms with E-state index in [-0.39, 0.29) is 11.7 Å². The normalized spacial score (nSPS) is 18.5. The number of amides is 1. The molecule has 0 N–H and O–H groups in total. The van der Waals surface area contributed by atoms with Gasteiger partial charge in [-0.25, -0.2) is 4.99 Å². The van der Waals surface area contributed by atoms with E-state index in [2.05, 4.69) is 22.0 Å². The van der Waals surface area contributed by atoms with Crippen molar-refractivity contribution in [3.8, 4) is 0 Å². The minimum atomic E-state index is -0.157. The fraction of sp³-hybridized carbons (Fsp3) is 0.321. The number of ketones is 1. The van der Waals surface area contributed by atoms with Crippen molar-refractivity contribution in [1.29, 1.82) is 0 Å². The van der Waals surface area contributed by atoms with E-state index in [9.17, 15) is 9.59 Å². The van der Waals surface area contributed by atoms with Gasteiger partial charge in [0.2, 0.25) is 0 Å². The molecule has 174 valence electrons. The van der Waals surface area contributed by atoms with E-state index in [4.69, 9.17) is 0 Å². The molecule has 0 bridgehead atoms. The molecular weight excluding hydrogens is 424 g/mol. The first-order valence-electron chi connectivity index (χ1n) is 11.9. The molecule has 3 aliphatic rings. The quantitative estimate of drug-likeness (QED) is 0.504. The van der Waals surface area contributed by atoms with Crippen molar-refractivity contribution < 1.29 is 9.59 Å². The molecule has 0 aliphatic carbocycles. The van der Waals surface area contributed by atoms with Gasteiger partial charge in [-0.1, -0.05) is 0 Å². The van der Waals surface area contributed by atoms with Gasteiger partial charge in [0.05, 0.1) is 0 Å². The van der Waals surface area contributed by atoms with Crippen molar-refractivity contribution in [3.63, 3.8) is 0 Å². The third kappa shape index (κ3) is 4.16. The third-order valence-electron chi connectivity index (χ3n) is 6.81. The largest absolute Gasteiger partial charge is 0.378 e. The van der Waals surface area contributed by atoms with Gasteiger partial charge >= 0.3 is 0 Å². The maximum Gasteiger partial charge on any atom is 0.277 e. The molecule has 3 aliphatic heterocycles. The van der Waals surface area contributed by atoms with E-state index < -0.39 is 0 Å². The Kier molecular flexibility index (Phi) is 5.82. The van der Waals surface area contributed by atoms with Crippen LogP contribution in [0.2, 0.25) is 0 Å². The lowest BCUT2D eigenvalue weighted by atomic mass is 9.90.